The summed E-state index contributed by atoms with van der Waals surface area (Å²) in [6.45, 7) is 0.766. The van der Waals surface area contributed by atoms with Crippen molar-refractivity contribution in [2.75, 3.05) is 19.7 Å². The molecule has 0 aromatic heterocycles. The highest BCUT2D eigenvalue weighted by Crippen LogP contribution is 2.27. The molecule has 1 aliphatic heterocycles. The molecule has 1 amide bonds. The Morgan fingerprint density at radius 1 is 1.33 bits per heavy atom. The molecule has 1 heterocycles. The zero-order chi connectivity index (χ0) is 19.4. The highest BCUT2D eigenvalue weighted by atomic mass is 35.5. The molecule has 2 aromatic rings. The Morgan fingerprint density at radius 2 is 2.15 bits per heavy atom. The average molecular weight is 393 g/mol. The number of benzene rings is 2. The number of ether oxygens (including phenoxy) is 1. The SMILES string of the molecule is NC/C(=C\F)COc1ccc(C(=O)N2CCc3c(Cl)cccc3C2)cc1F. The van der Waals surface area contributed by atoms with Gasteiger partial charge in [0.05, 0.1) is 6.33 Å². The van der Waals surface area contributed by atoms with Gasteiger partial charge in [-0.15, -0.1) is 0 Å². The Kier molecular flexibility index (Phi) is 6.08. The van der Waals surface area contributed by atoms with Gasteiger partial charge >= 0.3 is 0 Å². The van der Waals surface area contributed by atoms with E-state index in [4.69, 9.17) is 22.1 Å². The van der Waals surface area contributed by atoms with Crippen molar-refractivity contribution < 1.29 is 18.3 Å². The summed E-state index contributed by atoms with van der Waals surface area (Å²) >= 11 is 6.20. The van der Waals surface area contributed by atoms with Gasteiger partial charge in [0.1, 0.15) is 6.61 Å². The fraction of sp³-hybridized carbons (Fsp3) is 0.250. The molecule has 0 saturated heterocycles. The normalized spacial score (nSPS) is 14.1. The molecule has 7 heteroatoms. The fourth-order valence-electron chi connectivity index (χ4n) is 2.98. The molecule has 0 spiro atoms. The number of amides is 1. The first-order valence-electron chi connectivity index (χ1n) is 8.49. The van der Waals surface area contributed by atoms with Crippen molar-refractivity contribution in [3.05, 3.63) is 75.8 Å². The summed E-state index contributed by atoms with van der Waals surface area (Å²) in [5, 5.41) is 0.700. The topological polar surface area (TPSA) is 55.6 Å². The van der Waals surface area contributed by atoms with E-state index in [1.807, 2.05) is 18.2 Å². The minimum Gasteiger partial charge on any atom is -0.486 e. The van der Waals surface area contributed by atoms with Crippen LogP contribution in [0.2, 0.25) is 5.02 Å². The van der Waals surface area contributed by atoms with E-state index >= 15 is 0 Å². The van der Waals surface area contributed by atoms with E-state index in [9.17, 15) is 13.6 Å². The van der Waals surface area contributed by atoms with Crippen molar-refractivity contribution in [3.63, 3.8) is 0 Å². The van der Waals surface area contributed by atoms with Crippen LogP contribution in [0.25, 0.3) is 0 Å². The molecule has 2 aromatic carbocycles. The number of hydrogen-bond donors (Lipinski definition) is 1. The third-order valence-electron chi connectivity index (χ3n) is 4.50. The van der Waals surface area contributed by atoms with Gasteiger partial charge in [-0.25, -0.2) is 8.78 Å². The van der Waals surface area contributed by atoms with Crippen molar-refractivity contribution in [1.82, 2.24) is 4.90 Å². The lowest BCUT2D eigenvalue weighted by atomic mass is 9.99. The Labute approximate surface area is 161 Å². The monoisotopic (exact) mass is 392 g/mol. The van der Waals surface area contributed by atoms with Crippen LogP contribution in [-0.2, 0) is 13.0 Å². The Balaban J connectivity index is 1.71. The predicted octanol–water partition coefficient (Wildman–Crippen LogP) is 3.87. The van der Waals surface area contributed by atoms with E-state index in [1.165, 1.54) is 12.1 Å². The van der Waals surface area contributed by atoms with Crippen molar-refractivity contribution in [2.45, 2.75) is 13.0 Å². The maximum Gasteiger partial charge on any atom is 0.254 e. The summed E-state index contributed by atoms with van der Waals surface area (Å²) in [7, 11) is 0. The molecule has 0 atom stereocenters. The minimum atomic E-state index is -0.684. The van der Waals surface area contributed by atoms with Crippen LogP contribution in [0.4, 0.5) is 8.78 Å². The molecule has 142 valence electrons. The van der Waals surface area contributed by atoms with Crippen LogP contribution in [-0.4, -0.2) is 30.5 Å². The van der Waals surface area contributed by atoms with Crippen molar-refractivity contribution >= 4 is 17.5 Å². The maximum atomic E-state index is 14.3. The summed E-state index contributed by atoms with van der Waals surface area (Å²) < 4.78 is 32.0. The number of nitrogens with zero attached hydrogens (tertiary/aromatic N) is 1. The van der Waals surface area contributed by atoms with Crippen molar-refractivity contribution in [1.29, 1.82) is 0 Å². The van der Waals surface area contributed by atoms with Gasteiger partial charge in [0.2, 0.25) is 0 Å². The molecule has 3 rings (SSSR count). The standard InChI is InChI=1S/C20H19ClF2N2O2/c21-17-3-1-2-15-11-25(7-6-16(15)17)20(26)14-4-5-19(18(23)8-14)27-12-13(9-22)10-24/h1-5,8-9H,6-7,10-12,24H2/b13-9+. The molecule has 0 saturated carbocycles. The summed E-state index contributed by atoms with van der Waals surface area (Å²) in [4.78, 5) is 14.4. The Hall–Kier alpha value is -2.44. The minimum absolute atomic E-state index is 0.0187. The zero-order valence-corrected chi connectivity index (χ0v) is 15.3. The molecule has 1 aliphatic rings. The second-order valence-corrected chi connectivity index (χ2v) is 6.67. The lowest BCUT2D eigenvalue weighted by Crippen LogP contribution is -2.36. The smallest absolute Gasteiger partial charge is 0.254 e. The summed E-state index contributed by atoms with van der Waals surface area (Å²) in [6, 6.07) is 9.61. The molecule has 0 aliphatic carbocycles. The Morgan fingerprint density at radius 3 is 2.85 bits per heavy atom. The first-order chi connectivity index (χ1) is 13.0. The fourth-order valence-corrected chi connectivity index (χ4v) is 3.26. The maximum absolute atomic E-state index is 14.3. The first kappa shape index (κ1) is 19.3. The highest BCUT2D eigenvalue weighted by molar-refractivity contribution is 6.31. The quantitative estimate of drug-likeness (QED) is 0.840. The van der Waals surface area contributed by atoms with Gasteiger partial charge in [0.15, 0.2) is 11.6 Å². The van der Waals surface area contributed by atoms with Crippen LogP contribution in [0.15, 0.2) is 48.3 Å². The number of halogens is 3. The van der Waals surface area contributed by atoms with Crippen LogP contribution < -0.4 is 10.5 Å². The van der Waals surface area contributed by atoms with Crippen LogP contribution >= 0.6 is 11.6 Å². The lowest BCUT2D eigenvalue weighted by molar-refractivity contribution is 0.0734. The van der Waals surface area contributed by atoms with E-state index in [2.05, 4.69) is 0 Å². The molecular formula is C20H19ClF2N2O2. The van der Waals surface area contributed by atoms with Crippen LogP contribution in [0.5, 0.6) is 5.75 Å². The van der Waals surface area contributed by atoms with Gasteiger partial charge in [0, 0.05) is 35.8 Å². The van der Waals surface area contributed by atoms with Crippen LogP contribution in [0, 0.1) is 5.82 Å². The van der Waals surface area contributed by atoms with Gasteiger partial charge in [-0.2, -0.15) is 0 Å². The third kappa shape index (κ3) is 4.28. The van der Waals surface area contributed by atoms with Crippen LogP contribution in [0.1, 0.15) is 21.5 Å². The van der Waals surface area contributed by atoms with E-state index in [-0.39, 0.29) is 35.9 Å². The number of carbonyl (C=O) groups excluding carboxylic acids is 1. The molecule has 0 fully saturated rings. The molecule has 2 N–H and O–H groups in total. The second kappa shape index (κ2) is 8.50. The van der Waals surface area contributed by atoms with E-state index in [0.717, 1.165) is 17.2 Å². The predicted molar refractivity (Wildman–Crippen MR) is 100 cm³/mol. The summed E-state index contributed by atoms with van der Waals surface area (Å²) in [5.41, 5.74) is 7.82. The highest BCUT2D eigenvalue weighted by Gasteiger charge is 2.23. The molecule has 27 heavy (non-hydrogen) atoms. The van der Waals surface area contributed by atoms with Crippen LogP contribution in [0.3, 0.4) is 0 Å². The number of rotatable bonds is 5. The van der Waals surface area contributed by atoms with E-state index < -0.39 is 5.82 Å². The van der Waals surface area contributed by atoms with Crippen molar-refractivity contribution in [2.24, 2.45) is 5.73 Å². The molecular weight excluding hydrogens is 374 g/mol. The number of hydrogen-bond acceptors (Lipinski definition) is 3. The van der Waals surface area contributed by atoms with Crippen molar-refractivity contribution in [3.8, 4) is 5.75 Å². The lowest BCUT2D eigenvalue weighted by Gasteiger charge is -2.29. The first-order valence-corrected chi connectivity index (χ1v) is 8.87. The summed E-state index contributed by atoms with van der Waals surface area (Å²) in [6.07, 6.45) is 0.998. The number of nitrogens with two attached hydrogens (primary N) is 1. The molecule has 4 nitrogen and oxygen atoms in total. The summed E-state index contributed by atoms with van der Waals surface area (Å²) in [5.74, 6) is -1.01. The zero-order valence-electron chi connectivity index (χ0n) is 14.6. The van der Waals surface area contributed by atoms with Gasteiger partial charge < -0.3 is 15.4 Å². The second-order valence-electron chi connectivity index (χ2n) is 6.26. The molecule has 0 radical (unpaired) electrons. The van der Waals surface area contributed by atoms with Gasteiger partial charge in [-0.3, -0.25) is 4.79 Å². The van der Waals surface area contributed by atoms with Gasteiger partial charge in [-0.05, 0) is 41.8 Å². The van der Waals surface area contributed by atoms with Gasteiger partial charge in [0.25, 0.3) is 5.91 Å². The third-order valence-corrected chi connectivity index (χ3v) is 4.86. The number of carbonyl (C=O) groups is 1. The Bertz CT molecular complexity index is 886. The largest absolute Gasteiger partial charge is 0.486 e. The molecule has 0 unspecified atom stereocenters. The van der Waals surface area contributed by atoms with E-state index in [0.29, 0.717) is 30.9 Å². The average Bonchev–Trinajstić information content (AvgIpc) is 2.69. The molecule has 0 bridgehead atoms. The van der Waals surface area contributed by atoms with E-state index in [1.54, 1.807) is 4.90 Å². The number of fused-ring (bicyclic) bond motifs is 1. The van der Waals surface area contributed by atoms with Gasteiger partial charge in [-0.1, -0.05) is 23.7 Å².